The molecule has 0 saturated heterocycles. The standard InChI is InChI=1S/C11H24N2O/c1-8-12(6)9(2)10(14)13(7)11(3,4)5/h9H,8H2,1-7H3. The van der Waals surface area contributed by atoms with Crippen molar-refractivity contribution in [2.24, 2.45) is 0 Å². The van der Waals surface area contributed by atoms with Gasteiger partial charge in [0, 0.05) is 12.6 Å². The first-order chi connectivity index (χ1) is 6.21. The zero-order chi connectivity index (χ0) is 11.5. The van der Waals surface area contributed by atoms with Crippen molar-refractivity contribution in [3.63, 3.8) is 0 Å². The third kappa shape index (κ3) is 3.29. The topological polar surface area (TPSA) is 23.6 Å². The average molecular weight is 200 g/mol. The van der Waals surface area contributed by atoms with Crippen molar-refractivity contribution in [1.29, 1.82) is 0 Å². The van der Waals surface area contributed by atoms with Crippen LogP contribution < -0.4 is 0 Å². The predicted octanol–water partition coefficient (Wildman–Crippen LogP) is 1.58. The summed E-state index contributed by atoms with van der Waals surface area (Å²) in [6, 6.07) is -0.0378. The summed E-state index contributed by atoms with van der Waals surface area (Å²) in [5, 5.41) is 0. The van der Waals surface area contributed by atoms with Crippen LogP contribution in [0.2, 0.25) is 0 Å². The molecule has 0 spiro atoms. The molecule has 0 fully saturated rings. The fraction of sp³-hybridized carbons (Fsp3) is 0.909. The van der Waals surface area contributed by atoms with E-state index in [1.54, 1.807) is 0 Å². The van der Waals surface area contributed by atoms with Crippen molar-refractivity contribution in [2.45, 2.75) is 46.2 Å². The molecule has 0 radical (unpaired) electrons. The first-order valence-electron chi connectivity index (χ1n) is 5.19. The predicted molar refractivity (Wildman–Crippen MR) is 60.3 cm³/mol. The Labute approximate surface area is 88.1 Å². The van der Waals surface area contributed by atoms with E-state index in [2.05, 4.69) is 6.92 Å². The molecule has 14 heavy (non-hydrogen) atoms. The number of carbonyl (C=O) groups excluding carboxylic acids is 1. The van der Waals surface area contributed by atoms with Gasteiger partial charge in [0.05, 0.1) is 6.04 Å². The normalized spacial score (nSPS) is 14.3. The zero-order valence-electron chi connectivity index (χ0n) is 10.6. The molecule has 0 saturated carbocycles. The molecule has 0 aliphatic carbocycles. The lowest BCUT2D eigenvalue weighted by Crippen LogP contribution is -2.50. The molecule has 84 valence electrons. The molecule has 0 aromatic heterocycles. The quantitative estimate of drug-likeness (QED) is 0.690. The molecule has 3 nitrogen and oxygen atoms in total. The lowest BCUT2D eigenvalue weighted by atomic mass is 10.1. The van der Waals surface area contributed by atoms with Crippen LogP contribution >= 0.6 is 0 Å². The summed E-state index contributed by atoms with van der Waals surface area (Å²) in [6.45, 7) is 11.0. The van der Waals surface area contributed by atoms with Crippen molar-refractivity contribution < 1.29 is 4.79 Å². The monoisotopic (exact) mass is 200 g/mol. The maximum atomic E-state index is 12.0. The van der Waals surface area contributed by atoms with E-state index in [1.807, 2.05) is 51.6 Å². The molecule has 0 aromatic rings. The van der Waals surface area contributed by atoms with Gasteiger partial charge in [-0.05, 0) is 41.3 Å². The molecule has 0 aliphatic rings. The van der Waals surface area contributed by atoms with E-state index in [1.165, 1.54) is 0 Å². The first kappa shape index (κ1) is 13.4. The number of hydrogen-bond acceptors (Lipinski definition) is 2. The number of hydrogen-bond donors (Lipinski definition) is 0. The van der Waals surface area contributed by atoms with Crippen molar-refractivity contribution in [3.8, 4) is 0 Å². The number of amides is 1. The van der Waals surface area contributed by atoms with Crippen LogP contribution in [-0.4, -0.2) is 47.9 Å². The van der Waals surface area contributed by atoms with Crippen molar-refractivity contribution in [2.75, 3.05) is 20.6 Å². The Morgan fingerprint density at radius 1 is 1.29 bits per heavy atom. The second-order valence-electron chi connectivity index (χ2n) is 4.82. The van der Waals surface area contributed by atoms with Gasteiger partial charge in [0.2, 0.25) is 5.91 Å². The van der Waals surface area contributed by atoms with Gasteiger partial charge in [-0.25, -0.2) is 0 Å². The lowest BCUT2D eigenvalue weighted by molar-refractivity contribution is -0.138. The summed E-state index contributed by atoms with van der Waals surface area (Å²) in [7, 11) is 3.83. The summed E-state index contributed by atoms with van der Waals surface area (Å²) >= 11 is 0. The minimum Gasteiger partial charge on any atom is -0.340 e. The number of likely N-dealkylation sites (N-methyl/N-ethyl adjacent to an activating group) is 2. The van der Waals surface area contributed by atoms with Gasteiger partial charge in [-0.2, -0.15) is 0 Å². The van der Waals surface area contributed by atoms with E-state index < -0.39 is 0 Å². The summed E-state index contributed by atoms with van der Waals surface area (Å²) in [6.07, 6.45) is 0. The largest absolute Gasteiger partial charge is 0.340 e. The maximum absolute atomic E-state index is 12.0. The van der Waals surface area contributed by atoms with E-state index in [0.717, 1.165) is 6.54 Å². The molecule has 0 aromatic carbocycles. The zero-order valence-corrected chi connectivity index (χ0v) is 10.6. The molecular weight excluding hydrogens is 176 g/mol. The number of carbonyl (C=O) groups is 1. The summed E-state index contributed by atoms with van der Waals surface area (Å²) in [5.74, 6) is 0.182. The van der Waals surface area contributed by atoms with Gasteiger partial charge in [0.15, 0.2) is 0 Å². The molecule has 0 aliphatic heterocycles. The van der Waals surface area contributed by atoms with Crippen molar-refractivity contribution >= 4 is 5.91 Å². The Kier molecular flexibility index (Phi) is 4.59. The molecule has 0 bridgehead atoms. The second-order valence-corrected chi connectivity index (χ2v) is 4.82. The van der Waals surface area contributed by atoms with Gasteiger partial charge in [0.1, 0.15) is 0 Å². The molecule has 0 heterocycles. The van der Waals surface area contributed by atoms with Crippen LogP contribution in [0, 0.1) is 0 Å². The Bertz CT molecular complexity index is 196. The Morgan fingerprint density at radius 2 is 1.71 bits per heavy atom. The van der Waals surface area contributed by atoms with Crippen LogP contribution in [0.3, 0.4) is 0 Å². The van der Waals surface area contributed by atoms with Gasteiger partial charge >= 0.3 is 0 Å². The fourth-order valence-electron chi connectivity index (χ4n) is 1.07. The first-order valence-corrected chi connectivity index (χ1v) is 5.19. The maximum Gasteiger partial charge on any atom is 0.239 e. The van der Waals surface area contributed by atoms with Crippen molar-refractivity contribution in [1.82, 2.24) is 9.80 Å². The van der Waals surface area contributed by atoms with Gasteiger partial charge in [-0.1, -0.05) is 6.92 Å². The average Bonchev–Trinajstić information content (AvgIpc) is 2.11. The van der Waals surface area contributed by atoms with E-state index in [4.69, 9.17) is 0 Å². The van der Waals surface area contributed by atoms with E-state index in [-0.39, 0.29) is 17.5 Å². The van der Waals surface area contributed by atoms with E-state index >= 15 is 0 Å². The Hall–Kier alpha value is -0.570. The molecule has 0 rings (SSSR count). The van der Waals surface area contributed by atoms with Crippen LogP contribution in [0.1, 0.15) is 34.6 Å². The van der Waals surface area contributed by atoms with E-state index in [9.17, 15) is 4.79 Å². The van der Waals surface area contributed by atoms with Gasteiger partial charge < -0.3 is 4.90 Å². The Morgan fingerprint density at radius 3 is 2.00 bits per heavy atom. The van der Waals surface area contributed by atoms with Crippen LogP contribution in [0.15, 0.2) is 0 Å². The van der Waals surface area contributed by atoms with Gasteiger partial charge in [0.25, 0.3) is 0 Å². The molecular formula is C11H24N2O. The van der Waals surface area contributed by atoms with Crippen molar-refractivity contribution in [3.05, 3.63) is 0 Å². The number of nitrogens with zero attached hydrogens (tertiary/aromatic N) is 2. The Balaban J connectivity index is 4.47. The molecule has 1 atom stereocenters. The third-order valence-electron chi connectivity index (χ3n) is 2.85. The summed E-state index contributed by atoms with van der Waals surface area (Å²) < 4.78 is 0. The van der Waals surface area contributed by atoms with E-state index in [0.29, 0.717) is 0 Å². The van der Waals surface area contributed by atoms with Crippen LogP contribution in [0.5, 0.6) is 0 Å². The molecule has 1 amide bonds. The highest BCUT2D eigenvalue weighted by molar-refractivity contribution is 5.81. The SMILES string of the molecule is CCN(C)C(C)C(=O)N(C)C(C)(C)C. The minimum atomic E-state index is -0.0973. The fourth-order valence-corrected chi connectivity index (χ4v) is 1.07. The van der Waals surface area contributed by atoms with Crippen LogP contribution in [-0.2, 0) is 4.79 Å². The lowest BCUT2D eigenvalue weighted by Gasteiger charge is -2.36. The smallest absolute Gasteiger partial charge is 0.239 e. The van der Waals surface area contributed by atoms with Crippen LogP contribution in [0.25, 0.3) is 0 Å². The molecule has 3 heteroatoms. The molecule has 1 unspecified atom stereocenters. The highest BCUT2D eigenvalue weighted by Crippen LogP contribution is 2.13. The number of rotatable bonds is 3. The van der Waals surface area contributed by atoms with Gasteiger partial charge in [-0.3, -0.25) is 9.69 Å². The highest BCUT2D eigenvalue weighted by Gasteiger charge is 2.27. The molecule has 0 N–H and O–H groups in total. The minimum absolute atomic E-state index is 0.0378. The van der Waals surface area contributed by atoms with Crippen LogP contribution in [0.4, 0.5) is 0 Å². The highest BCUT2D eigenvalue weighted by atomic mass is 16.2. The third-order valence-corrected chi connectivity index (χ3v) is 2.85. The second kappa shape index (κ2) is 4.78. The summed E-state index contributed by atoms with van der Waals surface area (Å²) in [5.41, 5.74) is -0.0973. The summed E-state index contributed by atoms with van der Waals surface area (Å²) in [4.78, 5) is 15.8. The van der Waals surface area contributed by atoms with Gasteiger partial charge in [-0.15, -0.1) is 0 Å².